The lowest BCUT2D eigenvalue weighted by Gasteiger charge is -2.43. The second-order valence-electron chi connectivity index (χ2n) is 8.66. The number of carbonyl (C=O) groups is 3. The van der Waals surface area contributed by atoms with Crippen LogP contribution in [0.1, 0.15) is 45.6 Å². The highest BCUT2D eigenvalue weighted by atomic mass is 35.5. The first kappa shape index (κ1) is 19.7. The van der Waals surface area contributed by atoms with E-state index < -0.39 is 11.6 Å². The van der Waals surface area contributed by atoms with Gasteiger partial charge in [0, 0.05) is 11.6 Å². The second-order valence-corrected chi connectivity index (χ2v) is 9.10. The molecule has 1 spiro atoms. The molecular formula is C20H26ClN3O3. The zero-order valence-corrected chi connectivity index (χ0v) is 16.7. The van der Waals surface area contributed by atoms with Crippen molar-refractivity contribution >= 4 is 29.4 Å². The lowest BCUT2D eigenvalue weighted by atomic mass is 9.64. The highest BCUT2D eigenvalue weighted by Gasteiger charge is 2.56. The molecule has 2 unspecified atom stereocenters. The van der Waals surface area contributed by atoms with Gasteiger partial charge in [0.1, 0.15) is 12.1 Å². The monoisotopic (exact) mass is 391 g/mol. The Morgan fingerprint density at radius 1 is 1.26 bits per heavy atom. The largest absolute Gasteiger partial charge is 0.350 e. The molecule has 3 rings (SSSR count). The summed E-state index contributed by atoms with van der Waals surface area (Å²) < 4.78 is 0. The summed E-state index contributed by atoms with van der Waals surface area (Å²) in [7, 11) is 0. The minimum Gasteiger partial charge on any atom is -0.350 e. The van der Waals surface area contributed by atoms with E-state index in [9.17, 15) is 14.4 Å². The molecule has 0 bridgehead atoms. The van der Waals surface area contributed by atoms with E-state index in [0.29, 0.717) is 30.3 Å². The van der Waals surface area contributed by atoms with Gasteiger partial charge >= 0.3 is 6.03 Å². The number of benzene rings is 1. The fraction of sp³-hybridized carbons (Fsp3) is 0.550. The van der Waals surface area contributed by atoms with Crippen molar-refractivity contribution in [2.45, 2.75) is 52.1 Å². The Labute approximate surface area is 164 Å². The van der Waals surface area contributed by atoms with Crippen LogP contribution in [0.5, 0.6) is 0 Å². The van der Waals surface area contributed by atoms with Crippen LogP contribution in [0.4, 0.5) is 4.79 Å². The van der Waals surface area contributed by atoms with Gasteiger partial charge < -0.3 is 10.6 Å². The number of hydrogen-bond acceptors (Lipinski definition) is 3. The van der Waals surface area contributed by atoms with Gasteiger partial charge in [-0.15, -0.1) is 0 Å². The normalized spacial score (nSPS) is 27.0. The van der Waals surface area contributed by atoms with Crippen molar-refractivity contribution in [1.29, 1.82) is 0 Å². The maximum Gasteiger partial charge on any atom is 0.325 e. The minimum absolute atomic E-state index is 0.0343. The fourth-order valence-corrected chi connectivity index (χ4v) is 4.78. The molecule has 1 heterocycles. The molecule has 1 saturated carbocycles. The summed E-state index contributed by atoms with van der Waals surface area (Å²) in [5, 5.41) is 6.25. The molecule has 1 aromatic rings. The Bertz CT molecular complexity index is 762. The van der Waals surface area contributed by atoms with Crippen molar-refractivity contribution in [3.63, 3.8) is 0 Å². The molecule has 27 heavy (non-hydrogen) atoms. The van der Waals surface area contributed by atoms with E-state index in [0.717, 1.165) is 16.9 Å². The zero-order valence-electron chi connectivity index (χ0n) is 16.0. The van der Waals surface area contributed by atoms with Gasteiger partial charge in [-0.1, -0.05) is 44.5 Å². The number of carbonyl (C=O) groups excluding carboxylic acids is 3. The van der Waals surface area contributed by atoms with E-state index in [1.807, 2.05) is 12.1 Å². The van der Waals surface area contributed by atoms with Crippen LogP contribution in [0, 0.1) is 11.3 Å². The maximum atomic E-state index is 13.0. The van der Waals surface area contributed by atoms with Crippen LogP contribution >= 0.6 is 11.6 Å². The zero-order chi connectivity index (χ0) is 19.8. The highest BCUT2D eigenvalue weighted by Crippen LogP contribution is 2.46. The first-order valence-electron chi connectivity index (χ1n) is 9.25. The van der Waals surface area contributed by atoms with E-state index in [2.05, 4.69) is 31.4 Å². The summed E-state index contributed by atoms with van der Waals surface area (Å²) in [4.78, 5) is 38.8. The number of nitrogens with zero attached hydrogens (tertiary/aromatic N) is 1. The third-order valence-corrected chi connectivity index (χ3v) is 5.58. The molecule has 2 fully saturated rings. The molecular weight excluding hydrogens is 366 g/mol. The van der Waals surface area contributed by atoms with Gasteiger partial charge in [-0.3, -0.25) is 14.5 Å². The predicted octanol–water partition coefficient (Wildman–Crippen LogP) is 3.09. The van der Waals surface area contributed by atoms with Crippen molar-refractivity contribution in [3.8, 4) is 0 Å². The molecule has 1 aliphatic heterocycles. The molecule has 7 heteroatoms. The average Bonchev–Trinajstić information content (AvgIpc) is 2.76. The lowest BCUT2D eigenvalue weighted by Crippen LogP contribution is -2.54. The number of rotatable bonds is 4. The summed E-state index contributed by atoms with van der Waals surface area (Å²) >= 11 is 5.85. The molecule has 0 radical (unpaired) electrons. The molecule has 2 N–H and O–H groups in total. The van der Waals surface area contributed by atoms with E-state index in [-0.39, 0.29) is 23.8 Å². The molecule has 1 aromatic carbocycles. The topological polar surface area (TPSA) is 78.5 Å². The van der Waals surface area contributed by atoms with Gasteiger partial charge in [0.2, 0.25) is 5.91 Å². The first-order valence-corrected chi connectivity index (χ1v) is 9.63. The summed E-state index contributed by atoms with van der Waals surface area (Å²) in [6.45, 7) is 6.38. The number of imide groups is 1. The average molecular weight is 392 g/mol. The quantitative estimate of drug-likeness (QED) is 0.774. The maximum absolute atomic E-state index is 13.0. The minimum atomic E-state index is -0.880. The highest BCUT2D eigenvalue weighted by molar-refractivity contribution is 6.30. The predicted molar refractivity (Wildman–Crippen MR) is 103 cm³/mol. The van der Waals surface area contributed by atoms with Crippen molar-refractivity contribution in [3.05, 3.63) is 34.9 Å². The Morgan fingerprint density at radius 2 is 1.93 bits per heavy atom. The molecule has 146 valence electrons. The van der Waals surface area contributed by atoms with Gasteiger partial charge in [0.15, 0.2) is 0 Å². The molecule has 1 saturated heterocycles. The Hall–Kier alpha value is -2.08. The first-order chi connectivity index (χ1) is 12.6. The van der Waals surface area contributed by atoms with E-state index in [1.54, 1.807) is 12.1 Å². The van der Waals surface area contributed by atoms with Crippen LogP contribution in [-0.4, -0.2) is 34.8 Å². The van der Waals surface area contributed by atoms with Crippen molar-refractivity contribution in [2.75, 3.05) is 6.54 Å². The van der Waals surface area contributed by atoms with E-state index in [1.165, 1.54) is 0 Å². The van der Waals surface area contributed by atoms with Crippen LogP contribution in [0.2, 0.25) is 5.02 Å². The summed E-state index contributed by atoms with van der Waals surface area (Å²) in [6, 6.07) is 6.65. The van der Waals surface area contributed by atoms with Crippen molar-refractivity contribution in [2.24, 2.45) is 11.3 Å². The van der Waals surface area contributed by atoms with E-state index >= 15 is 0 Å². The molecule has 6 nitrogen and oxygen atoms in total. The summed E-state index contributed by atoms with van der Waals surface area (Å²) in [5.41, 5.74) is -0.0217. The molecule has 2 atom stereocenters. The Morgan fingerprint density at radius 3 is 2.56 bits per heavy atom. The van der Waals surface area contributed by atoms with Gasteiger partial charge in [-0.25, -0.2) is 4.79 Å². The fourth-order valence-electron chi connectivity index (χ4n) is 4.65. The number of nitrogens with one attached hydrogen (secondary N) is 2. The third-order valence-electron chi connectivity index (χ3n) is 5.33. The summed E-state index contributed by atoms with van der Waals surface area (Å²) in [5.74, 6) is -0.320. The molecule has 0 aromatic heterocycles. The van der Waals surface area contributed by atoms with Crippen molar-refractivity contribution < 1.29 is 14.4 Å². The Balaban J connectivity index is 1.63. The van der Waals surface area contributed by atoms with Gasteiger partial charge in [-0.05, 0) is 48.3 Å². The second kappa shape index (κ2) is 7.15. The number of hydrogen-bond donors (Lipinski definition) is 2. The third kappa shape index (κ3) is 4.26. The van der Waals surface area contributed by atoms with Gasteiger partial charge in [-0.2, -0.15) is 0 Å². The van der Waals surface area contributed by atoms with Gasteiger partial charge in [0.05, 0.1) is 0 Å². The SMILES string of the molecule is CC1CC(C)(C)CC2(C1)NC(=O)N(CC(=O)NCc1ccc(Cl)cc1)C2=O. The lowest BCUT2D eigenvalue weighted by molar-refractivity contribution is -0.137. The van der Waals surface area contributed by atoms with Crippen LogP contribution in [0.25, 0.3) is 0 Å². The smallest absolute Gasteiger partial charge is 0.325 e. The molecule has 4 amide bonds. The van der Waals surface area contributed by atoms with Gasteiger partial charge in [0.25, 0.3) is 5.91 Å². The standard InChI is InChI=1S/C20H26ClN3O3/c1-13-8-19(2,3)12-20(9-13)17(26)24(18(27)23-20)11-16(25)22-10-14-4-6-15(21)7-5-14/h4-7,13H,8-12H2,1-3H3,(H,22,25)(H,23,27). The van der Waals surface area contributed by atoms with Crippen LogP contribution in [0.15, 0.2) is 24.3 Å². The Kier molecular flexibility index (Phi) is 5.21. The number of halogens is 1. The van der Waals surface area contributed by atoms with Crippen LogP contribution < -0.4 is 10.6 Å². The number of amides is 4. The summed E-state index contributed by atoms with van der Waals surface area (Å²) in [6.07, 6.45) is 2.22. The van der Waals surface area contributed by atoms with Crippen molar-refractivity contribution in [1.82, 2.24) is 15.5 Å². The van der Waals surface area contributed by atoms with E-state index in [4.69, 9.17) is 11.6 Å². The molecule has 2 aliphatic rings. The number of urea groups is 1. The molecule has 1 aliphatic carbocycles. The van der Waals surface area contributed by atoms with Crippen LogP contribution in [0.3, 0.4) is 0 Å². The van der Waals surface area contributed by atoms with Crippen LogP contribution in [-0.2, 0) is 16.1 Å².